The lowest BCUT2D eigenvalue weighted by Crippen LogP contribution is -2.24. The van der Waals surface area contributed by atoms with Gasteiger partial charge in [-0.15, -0.1) is 0 Å². The van der Waals surface area contributed by atoms with Crippen molar-refractivity contribution in [2.24, 2.45) is 10.9 Å². The number of aryl methyl sites for hydroxylation is 1. The molecule has 0 bridgehead atoms. The molecule has 0 saturated carbocycles. The number of amides is 1. The summed E-state index contributed by atoms with van der Waals surface area (Å²) in [5.41, 5.74) is 2.45. The van der Waals surface area contributed by atoms with E-state index in [9.17, 15) is 4.79 Å². The Balaban J connectivity index is 2.00. The second kappa shape index (κ2) is 5.78. The number of hydrogen-bond acceptors (Lipinski definition) is 3. The number of carbonyl (C=O) groups is 1. The van der Waals surface area contributed by atoms with Gasteiger partial charge in [0.15, 0.2) is 5.17 Å². The number of hydrogen-bond donors (Lipinski definition) is 1. The van der Waals surface area contributed by atoms with Gasteiger partial charge >= 0.3 is 0 Å². The zero-order chi connectivity index (χ0) is 14.0. The summed E-state index contributed by atoms with van der Waals surface area (Å²) in [5.74, 6) is 0.300. The van der Waals surface area contributed by atoms with Crippen molar-refractivity contribution in [1.82, 2.24) is 5.32 Å². The molecule has 0 radical (unpaired) electrons. The van der Waals surface area contributed by atoms with E-state index < -0.39 is 0 Å². The van der Waals surface area contributed by atoms with Crippen LogP contribution in [0.3, 0.4) is 0 Å². The summed E-state index contributed by atoms with van der Waals surface area (Å²) in [6.45, 7) is 8.26. The number of thioether (sulfide) groups is 1. The molecule has 3 nitrogen and oxygen atoms in total. The number of rotatable bonds is 3. The first-order valence-electron chi connectivity index (χ1n) is 6.59. The van der Waals surface area contributed by atoms with E-state index in [4.69, 9.17) is 0 Å². The molecule has 4 heteroatoms. The lowest BCUT2D eigenvalue weighted by molar-refractivity contribution is -0.117. The lowest BCUT2D eigenvalue weighted by Gasteiger charge is -2.16. The van der Waals surface area contributed by atoms with Crippen molar-refractivity contribution in [2.75, 3.05) is 0 Å². The summed E-state index contributed by atoms with van der Waals surface area (Å²) in [6, 6.07) is 8.56. The molecule has 2 atom stereocenters. The van der Waals surface area contributed by atoms with E-state index in [2.05, 4.69) is 62.3 Å². The van der Waals surface area contributed by atoms with Crippen LogP contribution in [-0.4, -0.2) is 16.3 Å². The van der Waals surface area contributed by atoms with Crippen LogP contribution in [0.5, 0.6) is 0 Å². The van der Waals surface area contributed by atoms with Gasteiger partial charge in [0.05, 0.1) is 11.3 Å². The SMILES string of the molecule is Cc1ccc([C@H](C)NC2=NC(=O)[C@@H](C(C)C)S2)cc1. The Bertz CT molecular complexity index is 493. The standard InChI is InChI=1S/C15H20N2OS/c1-9(2)13-14(18)17-15(19-13)16-11(4)12-7-5-10(3)6-8-12/h5-9,11,13H,1-4H3,(H,16,17,18)/t11-,13+/m0/s1. The summed E-state index contributed by atoms with van der Waals surface area (Å²) in [7, 11) is 0. The lowest BCUT2D eigenvalue weighted by atomic mass is 10.1. The van der Waals surface area contributed by atoms with Gasteiger partial charge < -0.3 is 5.32 Å². The van der Waals surface area contributed by atoms with Crippen molar-refractivity contribution in [3.63, 3.8) is 0 Å². The minimum absolute atomic E-state index is 0.0152. The molecule has 0 spiro atoms. The summed E-state index contributed by atoms with van der Waals surface area (Å²) in [5, 5.41) is 4.03. The molecule has 1 aliphatic heterocycles. The molecular weight excluding hydrogens is 256 g/mol. The molecule has 1 heterocycles. The Hall–Kier alpha value is -1.29. The molecule has 1 amide bonds. The third-order valence-electron chi connectivity index (χ3n) is 3.22. The molecular formula is C15H20N2OS. The molecule has 2 rings (SSSR count). The Labute approximate surface area is 118 Å². The quantitative estimate of drug-likeness (QED) is 0.921. The first-order valence-corrected chi connectivity index (χ1v) is 7.47. The second-order valence-electron chi connectivity index (χ2n) is 5.31. The van der Waals surface area contributed by atoms with Crippen molar-refractivity contribution in [2.45, 2.75) is 39.0 Å². The Kier molecular flexibility index (Phi) is 4.30. The predicted octanol–water partition coefficient (Wildman–Crippen LogP) is 3.30. The minimum Gasteiger partial charge on any atom is -0.358 e. The van der Waals surface area contributed by atoms with Gasteiger partial charge in [-0.05, 0) is 25.3 Å². The van der Waals surface area contributed by atoms with E-state index in [0.717, 1.165) is 5.17 Å². The average molecular weight is 276 g/mol. The number of nitrogens with zero attached hydrogens (tertiary/aromatic N) is 1. The summed E-state index contributed by atoms with van der Waals surface area (Å²) in [4.78, 5) is 15.8. The fourth-order valence-electron chi connectivity index (χ4n) is 1.97. The van der Waals surface area contributed by atoms with Crippen molar-refractivity contribution in [1.29, 1.82) is 0 Å². The molecule has 0 unspecified atom stereocenters. The molecule has 1 aromatic carbocycles. The topological polar surface area (TPSA) is 41.5 Å². The number of aliphatic imine (C=N–C) groups is 1. The van der Waals surface area contributed by atoms with Crippen LogP contribution in [0.15, 0.2) is 29.3 Å². The normalized spacial score (nSPS) is 20.6. The molecule has 0 aromatic heterocycles. The summed E-state index contributed by atoms with van der Waals surface area (Å²) < 4.78 is 0. The number of amidine groups is 1. The van der Waals surface area contributed by atoms with Gasteiger partial charge in [-0.1, -0.05) is 55.4 Å². The largest absolute Gasteiger partial charge is 0.358 e. The Morgan fingerprint density at radius 2 is 1.84 bits per heavy atom. The summed E-state index contributed by atoms with van der Waals surface area (Å²) in [6.07, 6.45) is 0. The van der Waals surface area contributed by atoms with E-state index in [1.54, 1.807) is 11.8 Å². The highest BCUT2D eigenvalue weighted by Gasteiger charge is 2.31. The van der Waals surface area contributed by atoms with Gasteiger partial charge in [0.2, 0.25) is 0 Å². The van der Waals surface area contributed by atoms with E-state index >= 15 is 0 Å². The molecule has 0 aliphatic carbocycles. The van der Waals surface area contributed by atoms with Crippen LogP contribution in [0.4, 0.5) is 0 Å². The van der Waals surface area contributed by atoms with Gasteiger partial charge in [0, 0.05) is 0 Å². The van der Waals surface area contributed by atoms with E-state index in [0.29, 0.717) is 5.92 Å². The predicted molar refractivity (Wildman–Crippen MR) is 81.4 cm³/mol. The first-order chi connectivity index (χ1) is 8.97. The van der Waals surface area contributed by atoms with Crippen LogP contribution in [0.2, 0.25) is 0 Å². The van der Waals surface area contributed by atoms with E-state index in [1.165, 1.54) is 11.1 Å². The molecule has 1 aliphatic rings. The highest BCUT2D eigenvalue weighted by molar-refractivity contribution is 8.15. The van der Waals surface area contributed by atoms with Gasteiger partial charge in [-0.3, -0.25) is 4.79 Å². The first kappa shape index (κ1) is 14.1. The summed E-state index contributed by atoms with van der Waals surface area (Å²) >= 11 is 1.54. The smallest absolute Gasteiger partial charge is 0.261 e. The zero-order valence-corrected chi connectivity index (χ0v) is 12.6. The van der Waals surface area contributed by atoms with Gasteiger partial charge in [0.1, 0.15) is 0 Å². The Morgan fingerprint density at radius 1 is 1.21 bits per heavy atom. The number of nitrogens with one attached hydrogen (secondary N) is 1. The van der Waals surface area contributed by atoms with E-state index in [-0.39, 0.29) is 17.2 Å². The molecule has 0 saturated heterocycles. The van der Waals surface area contributed by atoms with Crippen molar-refractivity contribution >= 4 is 22.8 Å². The van der Waals surface area contributed by atoms with Crippen LogP contribution < -0.4 is 5.32 Å². The van der Waals surface area contributed by atoms with Gasteiger partial charge in [-0.25, -0.2) is 0 Å². The maximum Gasteiger partial charge on any atom is 0.261 e. The maximum absolute atomic E-state index is 11.7. The highest BCUT2D eigenvalue weighted by atomic mass is 32.2. The Morgan fingerprint density at radius 3 is 2.37 bits per heavy atom. The van der Waals surface area contributed by atoms with Crippen molar-refractivity contribution < 1.29 is 4.79 Å². The molecule has 0 fully saturated rings. The van der Waals surface area contributed by atoms with Gasteiger partial charge in [0.25, 0.3) is 5.91 Å². The zero-order valence-electron chi connectivity index (χ0n) is 11.8. The highest BCUT2D eigenvalue weighted by Crippen LogP contribution is 2.28. The van der Waals surface area contributed by atoms with Crippen molar-refractivity contribution in [3.05, 3.63) is 35.4 Å². The third kappa shape index (κ3) is 3.38. The van der Waals surface area contributed by atoms with Crippen LogP contribution in [-0.2, 0) is 4.79 Å². The van der Waals surface area contributed by atoms with Crippen LogP contribution in [0.25, 0.3) is 0 Å². The third-order valence-corrected chi connectivity index (χ3v) is 4.65. The monoisotopic (exact) mass is 276 g/mol. The van der Waals surface area contributed by atoms with Crippen LogP contribution in [0, 0.1) is 12.8 Å². The molecule has 102 valence electrons. The van der Waals surface area contributed by atoms with Crippen LogP contribution >= 0.6 is 11.8 Å². The van der Waals surface area contributed by atoms with E-state index in [1.807, 2.05) is 0 Å². The van der Waals surface area contributed by atoms with Crippen LogP contribution in [0.1, 0.15) is 37.9 Å². The van der Waals surface area contributed by atoms with Gasteiger partial charge in [-0.2, -0.15) is 4.99 Å². The minimum atomic E-state index is -0.0345. The molecule has 19 heavy (non-hydrogen) atoms. The number of benzene rings is 1. The fraction of sp³-hybridized carbons (Fsp3) is 0.467. The molecule has 1 aromatic rings. The molecule has 1 N–H and O–H groups in total. The average Bonchev–Trinajstić information content (AvgIpc) is 2.71. The second-order valence-corrected chi connectivity index (χ2v) is 6.44. The number of carbonyl (C=O) groups excluding carboxylic acids is 1. The maximum atomic E-state index is 11.7. The fourth-order valence-corrected chi connectivity index (χ4v) is 3.03. The van der Waals surface area contributed by atoms with Crippen molar-refractivity contribution in [3.8, 4) is 0 Å².